The van der Waals surface area contributed by atoms with Gasteiger partial charge in [0.15, 0.2) is 0 Å². The number of halogens is 1. The number of hydrogen-bond acceptors (Lipinski definition) is 8. The molecule has 3 aliphatic heterocycles. The Bertz CT molecular complexity index is 1320. The number of likely N-dealkylation sites (tertiary alicyclic amines) is 1. The predicted octanol–water partition coefficient (Wildman–Crippen LogP) is 3.15. The number of carbonyl (C=O) groups excluding carboxylic acids is 3. The van der Waals surface area contributed by atoms with E-state index in [-0.39, 0.29) is 48.3 Å². The lowest BCUT2D eigenvalue weighted by atomic mass is 9.71. The van der Waals surface area contributed by atoms with Crippen LogP contribution >= 0.6 is 27.7 Å². The number of esters is 1. The number of fused-ring (bicyclic) bond motifs is 2. The largest absolute Gasteiger partial charge is 0.461 e. The molecule has 5 rings (SSSR count). The van der Waals surface area contributed by atoms with Gasteiger partial charge in [-0.25, -0.2) is 4.68 Å². The molecule has 3 saturated heterocycles. The first kappa shape index (κ1) is 29.8. The topological polar surface area (TPSA) is 118 Å². The number of thioether (sulfide) groups is 1. The van der Waals surface area contributed by atoms with Crippen LogP contribution in [-0.2, 0) is 25.8 Å². The van der Waals surface area contributed by atoms with Crippen molar-refractivity contribution in [3.8, 4) is 0 Å². The summed E-state index contributed by atoms with van der Waals surface area (Å²) in [6, 6.07) is 6.80. The first-order chi connectivity index (χ1) is 19.9. The second kappa shape index (κ2) is 12.7. The third kappa shape index (κ3) is 5.34. The fourth-order valence-electron chi connectivity index (χ4n) is 6.63. The summed E-state index contributed by atoms with van der Waals surface area (Å²) in [5.41, 5.74) is 1.53. The molecule has 1 N–H and O–H groups in total. The van der Waals surface area contributed by atoms with E-state index in [1.807, 2.05) is 24.3 Å². The number of benzene rings is 1. The Labute approximate surface area is 252 Å². The van der Waals surface area contributed by atoms with Crippen LogP contribution in [-0.4, -0.2) is 94.9 Å². The monoisotopic (exact) mass is 645 g/mol. The quantitative estimate of drug-likeness (QED) is 0.144. The average Bonchev–Trinajstić information content (AvgIpc) is 3.68. The Kier molecular flexibility index (Phi) is 9.20. The van der Waals surface area contributed by atoms with Crippen LogP contribution in [0.3, 0.4) is 0 Å². The molecule has 2 bridgehead atoms. The number of rotatable bonds is 14. The molecule has 1 aromatic carbocycles. The number of unbranched alkanes of at least 4 members (excludes halogenated alkanes) is 3. The molecule has 41 heavy (non-hydrogen) atoms. The van der Waals surface area contributed by atoms with Gasteiger partial charge in [0, 0.05) is 29.8 Å². The van der Waals surface area contributed by atoms with Gasteiger partial charge in [0.2, 0.25) is 11.8 Å². The number of hydrogen-bond donors (Lipinski definition) is 1. The Morgan fingerprint density at radius 1 is 1.22 bits per heavy atom. The van der Waals surface area contributed by atoms with Gasteiger partial charge in [-0.2, -0.15) is 0 Å². The van der Waals surface area contributed by atoms with Crippen LogP contribution in [0.4, 0.5) is 0 Å². The smallest absolute Gasteiger partial charge is 0.311 e. The molecule has 4 heterocycles. The molecule has 12 heteroatoms. The highest BCUT2D eigenvalue weighted by Gasteiger charge is 2.76. The van der Waals surface area contributed by atoms with Crippen LogP contribution in [0.2, 0.25) is 0 Å². The van der Waals surface area contributed by atoms with E-state index in [0.717, 1.165) is 23.9 Å². The zero-order chi connectivity index (χ0) is 29.1. The molecule has 3 fully saturated rings. The molecule has 3 unspecified atom stereocenters. The van der Waals surface area contributed by atoms with Gasteiger partial charge in [0.05, 0.1) is 22.1 Å². The van der Waals surface area contributed by atoms with Crippen LogP contribution in [0.5, 0.6) is 0 Å². The number of aliphatic hydroxyl groups is 1. The number of carbonyl (C=O) groups is 3. The van der Waals surface area contributed by atoms with E-state index >= 15 is 0 Å². The van der Waals surface area contributed by atoms with Gasteiger partial charge in [-0.3, -0.25) is 14.4 Å². The highest BCUT2D eigenvalue weighted by atomic mass is 79.9. The second-order valence-corrected chi connectivity index (χ2v) is 13.5. The Hall–Kier alpha value is -2.70. The number of ether oxygens (including phenoxy) is 1. The summed E-state index contributed by atoms with van der Waals surface area (Å²) in [6.07, 6.45) is 6.84. The molecule has 10 nitrogen and oxygen atoms in total. The maximum atomic E-state index is 14.6. The lowest BCUT2D eigenvalue weighted by molar-refractivity contribution is -0.153. The first-order valence-electron chi connectivity index (χ1n) is 14.1. The van der Waals surface area contributed by atoms with Crippen LogP contribution in [0, 0.1) is 11.8 Å². The van der Waals surface area contributed by atoms with E-state index < -0.39 is 28.6 Å². The first-order valence-corrected chi connectivity index (χ1v) is 15.9. The van der Waals surface area contributed by atoms with E-state index in [0.29, 0.717) is 25.8 Å². The molecule has 0 aliphatic carbocycles. The van der Waals surface area contributed by atoms with Gasteiger partial charge in [-0.15, -0.1) is 23.4 Å². The summed E-state index contributed by atoms with van der Waals surface area (Å²) in [5, 5.41) is 17.5. The lowest BCUT2D eigenvalue weighted by Crippen LogP contribution is -2.55. The third-order valence-electron chi connectivity index (χ3n) is 8.33. The normalized spacial score (nSPS) is 28.2. The number of aromatic nitrogens is 3. The summed E-state index contributed by atoms with van der Waals surface area (Å²) < 4.78 is 6.39. The van der Waals surface area contributed by atoms with Crippen LogP contribution < -0.4 is 0 Å². The zero-order valence-electron chi connectivity index (χ0n) is 22.9. The van der Waals surface area contributed by atoms with Crippen molar-refractivity contribution in [3.63, 3.8) is 0 Å². The fourth-order valence-corrected chi connectivity index (χ4v) is 10.2. The minimum Gasteiger partial charge on any atom is -0.461 e. The van der Waals surface area contributed by atoms with Crippen molar-refractivity contribution in [1.82, 2.24) is 24.8 Å². The number of para-hydroxylation sites is 1. The maximum absolute atomic E-state index is 14.6. The van der Waals surface area contributed by atoms with Crippen molar-refractivity contribution in [2.75, 3.05) is 26.3 Å². The van der Waals surface area contributed by atoms with Gasteiger partial charge >= 0.3 is 5.97 Å². The van der Waals surface area contributed by atoms with E-state index in [2.05, 4.69) is 39.4 Å². The average molecular weight is 647 g/mol. The third-order valence-corrected chi connectivity index (χ3v) is 11.6. The molecule has 220 valence electrons. The zero-order valence-corrected chi connectivity index (χ0v) is 25.3. The number of amides is 2. The van der Waals surface area contributed by atoms with Crippen LogP contribution in [0.15, 0.2) is 49.6 Å². The number of alkyl halides is 1. The minimum absolute atomic E-state index is 0.0373. The van der Waals surface area contributed by atoms with Crippen molar-refractivity contribution in [2.45, 2.75) is 59.6 Å². The van der Waals surface area contributed by atoms with Crippen molar-refractivity contribution >= 4 is 56.5 Å². The number of nitrogens with zero attached hydrogens (tertiary/aromatic N) is 5. The standard InChI is InChI=1S/C29H36BrN5O5S/c1-3-13-33(18-35-21-12-8-7-11-20(21)31-32-35)27(38)25-29-17-19(30)24(41-29)22(28(39)40-16-4-2)23(29)26(37)34(25)14-9-5-6-10-15-36/h3-4,7-8,11-12,19,22-25,36H,1-2,5-6,9-10,13-18H2/t19?,22-,23+,24-,25?,29?/m1/s1. The molecular formula is C29H36BrN5O5S. The van der Waals surface area contributed by atoms with E-state index in [1.165, 1.54) is 6.08 Å². The predicted molar refractivity (Wildman–Crippen MR) is 160 cm³/mol. The van der Waals surface area contributed by atoms with Crippen molar-refractivity contribution < 1.29 is 24.2 Å². The highest BCUT2D eigenvalue weighted by molar-refractivity contribution is 9.09. The van der Waals surface area contributed by atoms with Crippen molar-refractivity contribution in [3.05, 3.63) is 49.6 Å². The summed E-state index contributed by atoms with van der Waals surface area (Å²) in [7, 11) is 0. The molecule has 3 aliphatic rings. The maximum Gasteiger partial charge on any atom is 0.311 e. The second-order valence-electron chi connectivity index (χ2n) is 10.8. The summed E-state index contributed by atoms with van der Waals surface area (Å²) in [4.78, 5) is 45.4. The molecule has 6 atom stereocenters. The molecular weight excluding hydrogens is 610 g/mol. The molecule has 2 amide bonds. The van der Waals surface area contributed by atoms with Crippen molar-refractivity contribution in [1.29, 1.82) is 0 Å². The Morgan fingerprint density at radius 2 is 2.00 bits per heavy atom. The molecule has 0 saturated carbocycles. The molecule has 0 radical (unpaired) electrons. The Morgan fingerprint density at radius 3 is 2.76 bits per heavy atom. The number of aliphatic hydroxyl groups excluding tert-OH is 1. The van der Waals surface area contributed by atoms with Gasteiger partial charge < -0.3 is 19.6 Å². The van der Waals surface area contributed by atoms with Crippen LogP contribution in [0.25, 0.3) is 11.0 Å². The van der Waals surface area contributed by atoms with Crippen molar-refractivity contribution in [2.24, 2.45) is 11.8 Å². The molecule has 2 aromatic rings. The van der Waals surface area contributed by atoms with Crippen LogP contribution in [0.1, 0.15) is 32.1 Å². The minimum atomic E-state index is -0.764. The summed E-state index contributed by atoms with van der Waals surface area (Å²) >= 11 is 5.37. The van der Waals surface area contributed by atoms with Gasteiger partial charge in [0.25, 0.3) is 0 Å². The van der Waals surface area contributed by atoms with E-state index in [4.69, 9.17) is 4.74 Å². The van der Waals surface area contributed by atoms with Gasteiger partial charge in [-0.05, 0) is 31.4 Å². The SMILES string of the molecule is C=CCOC(=O)[C@H]1[C@@H]2SC3(CC2Br)C(C(=O)N(CC=C)Cn2nnc4ccccc42)N(CCCCCCO)C(=O)[C@H]13. The lowest BCUT2D eigenvalue weighted by Gasteiger charge is -2.37. The fraction of sp³-hybridized carbons (Fsp3) is 0.552. The summed E-state index contributed by atoms with van der Waals surface area (Å²) in [5.74, 6) is -2.06. The van der Waals surface area contributed by atoms with E-state index in [1.54, 1.807) is 32.3 Å². The summed E-state index contributed by atoms with van der Waals surface area (Å²) in [6.45, 7) is 8.53. The van der Waals surface area contributed by atoms with E-state index in [9.17, 15) is 19.5 Å². The molecule has 1 spiro atoms. The highest BCUT2D eigenvalue weighted by Crippen LogP contribution is 2.68. The van der Waals surface area contributed by atoms with Gasteiger partial charge in [0.1, 0.15) is 24.8 Å². The van der Waals surface area contributed by atoms with Gasteiger partial charge in [-0.1, -0.05) is 64.8 Å². The Balaban J connectivity index is 1.49. The molecule has 1 aromatic heterocycles.